The van der Waals surface area contributed by atoms with Crippen molar-refractivity contribution in [1.29, 1.82) is 5.26 Å². The van der Waals surface area contributed by atoms with Gasteiger partial charge in [-0.3, -0.25) is 4.79 Å². The summed E-state index contributed by atoms with van der Waals surface area (Å²) >= 11 is 1.27. The highest BCUT2D eigenvalue weighted by Gasteiger charge is 2.38. The van der Waals surface area contributed by atoms with E-state index in [4.69, 9.17) is 4.42 Å². The number of hydrogen-bond acceptors (Lipinski definition) is 6. The number of hydrogen-bond donors (Lipinski definition) is 0. The molecular weight excluding hydrogens is 336 g/mol. The summed E-state index contributed by atoms with van der Waals surface area (Å²) in [7, 11) is 1.75. The third kappa shape index (κ3) is 4.17. The number of aromatic nitrogens is 2. The molecule has 0 spiro atoms. The summed E-state index contributed by atoms with van der Waals surface area (Å²) in [6, 6.07) is 2.39. The molecular formula is C18H26N4O2S. The molecule has 7 heteroatoms. The lowest BCUT2D eigenvalue weighted by Gasteiger charge is -2.38. The van der Waals surface area contributed by atoms with Crippen molar-refractivity contribution >= 4 is 17.7 Å². The van der Waals surface area contributed by atoms with E-state index in [9.17, 15) is 10.1 Å². The van der Waals surface area contributed by atoms with Crippen LogP contribution in [-0.2, 0) is 4.79 Å². The highest BCUT2D eigenvalue weighted by molar-refractivity contribution is 7.99. The van der Waals surface area contributed by atoms with Crippen LogP contribution in [-0.4, -0.2) is 39.3 Å². The molecule has 0 radical (unpaired) electrons. The van der Waals surface area contributed by atoms with Crippen molar-refractivity contribution in [3.05, 3.63) is 5.89 Å². The Balaban J connectivity index is 1.55. The minimum absolute atomic E-state index is 0.0501. The first-order chi connectivity index (χ1) is 12.1. The Bertz CT molecular complexity index is 627. The van der Waals surface area contributed by atoms with Gasteiger partial charge in [-0.2, -0.15) is 5.26 Å². The fraction of sp³-hybridized carbons (Fsp3) is 0.778. The number of amides is 1. The van der Waals surface area contributed by atoms with E-state index in [1.165, 1.54) is 31.0 Å². The van der Waals surface area contributed by atoms with Crippen molar-refractivity contribution in [1.82, 2.24) is 15.1 Å². The summed E-state index contributed by atoms with van der Waals surface area (Å²) in [5.74, 6) is 1.26. The first-order valence-corrected chi connectivity index (χ1v) is 10.3. The zero-order valence-corrected chi connectivity index (χ0v) is 15.7. The molecule has 0 unspecified atom stereocenters. The summed E-state index contributed by atoms with van der Waals surface area (Å²) in [5.41, 5.74) is -0.641. The zero-order chi connectivity index (χ0) is 17.7. The lowest BCUT2D eigenvalue weighted by molar-refractivity contribution is -0.131. The lowest BCUT2D eigenvalue weighted by Crippen LogP contribution is -2.50. The van der Waals surface area contributed by atoms with Gasteiger partial charge in [0.25, 0.3) is 5.22 Å². The molecule has 3 rings (SSSR count). The Hall–Kier alpha value is -1.55. The highest BCUT2D eigenvalue weighted by Crippen LogP contribution is 2.34. The molecule has 136 valence electrons. The number of carbonyl (C=O) groups is 1. The van der Waals surface area contributed by atoms with E-state index in [1.54, 1.807) is 11.9 Å². The van der Waals surface area contributed by atoms with Crippen molar-refractivity contribution in [2.75, 3.05) is 12.8 Å². The minimum atomic E-state index is -0.641. The van der Waals surface area contributed by atoms with Crippen molar-refractivity contribution in [3.8, 4) is 6.07 Å². The molecule has 2 aliphatic rings. The second-order valence-electron chi connectivity index (χ2n) is 7.19. The van der Waals surface area contributed by atoms with E-state index in [0.717, 1.165) is 44.9 Å². The van der Waals surface area contributed by atoms with Crippen LogP contribution in [0.1, 0.15) is 76.0 Å². The average Bonchev–Trinajstić information content (AvgIpc) is 3.16. The maximum Gasteiger partial charge on any atom is 0.277 e. The SMILES string of the molecule is CN(C(=O)CSc1nnc(C2CCCCC2)o1)C1(C#N)CCCCC1. The van der Waals surface area contributed by atoms with Crippen molar-refractivity contribution in [2.45, 2.75) is 80.9 Å². The van der Waals surface area contributed by atoms with Crippen LogP contribution in [0.2, 0.25) is 0 Å². The van der Waals surface area contributed by atoms with Crippen LogP contribution in [0.15, 0.2) is 9.64 Å². The fourth-order valence-corrected chi connectivity index (χ4v) is 4.59. The first-order valence-electron chi connectivity index (χ1n) is 9.29. The van der Waals surface area contributed by atoms with Gasteiger partial charge < -0.3 is 9.32 Å². The summed E-state index contributed by atoms with van der Waals surface area (Å²) in [5, 5.41) is 18.3. The molecule has 1 amide bonds. The van der Waals surface area contributed by atoms with Crippen LogP contribution >= 0.6 is 11.8 Å². The van der Waals surface area contributed by atoms with Gasteiger partial charge in [-0.05, 0) is 25.7 Å². The molecule has 0 aromatic carbocycles. The van der Waals surface area contributed by atoms with Gasteiger partial charge in [0.15, 0.2) is 0 Å². The zero-order valence-electron chi connectivity index (χ0n) is 14.9. The Morgan fingerprint density at radius 3 is 2.60 bits per heavy atom. The van der Waals surface area contributed by atoms with Crippen molar-refractivity contribution in [2.24, 2.45) is 0 Å². The predicted octanol–water partition coefficient (Wildman–Crippen LogP) is 3.89. The van der Waals surface area contributed by atoms with Crippen LogP contribution in [0.4, 0.5) is 0 Å². The molecule has 2 aliphatic carbocycles. The second kappa shape index (κ2) is 8.22. The molecule has 1 aromatic rings. The van der Waals surface area contributed by atoms with Gasteiger partial charge in [0.1, 0.15) is 5.54 Å². The maximum absolute atomic E-state index is 12.6. The van der Waals surface area contributed by atoms with Gasteiger partial charge in [-0.15, -0.1) is 10.2 Å². The first kappa shape index (κ1) is 18.2. The van der Waals surface area contributed by atoms with Crippen LogP contribution in [0, 0.1) is 11.3 Å². The lowest BCUT2D eigenvalue weighted by atomic mass is 9.81. The highest BCUT2D eigenvalue weighted by atomic mass is 32.2. The normalized spacial score (nSPS) is 20.8. The molecule has 0 bridgehead atoms. The molecule has 6 nitrogen and oxygen atoms in total. The number of carbonyl (C=O) groups excluding carboxylic acids is 1. The van der Waals surface area contributed by atoms with E-state index in [-0.39, 0.29) is 11.7 Å². The van der Waals surface area contributed by atoms with E-state index in [1.807, 2.05) is 0 Å². The standard InChI is InChI=1S/C18H26N4O2S/c1-22(18(13-19)10-6-3-7-11-18)15(23)12-25-17-21-20-16(24-17)14-8-4-2-5-9-14/h14H,2-12H2,1H3. The van der Waals surface area contributed by atoms with E-state index in [2.05, 4.69) is 16.3 Å². The Kier molecular flexibility index (Phi) is 6.00. The van der Waals surface area contributed by atoms with E-state index in [0.29, 0.717) is 17.0 Å². The molecule has 0 N–H and O–H groups in total. The predicted molar refractivity (Wildman–Crippen MR) is 95.0 cm³/mol. The van der Waals surface area contributed by atoms with Crippen LogP contribution in [0.25, 0.3) is 0 Å². The Morgan fingerprint density at radius 2 is 1.92 bits per heavy atom. The smallest absolute Gasteiger partial charge is 0.277 e. The van der Waals surface area contributed by atoms with E-state index >= 15 is 0 Å². The van der Waals surface area contributed by atoms with Gasteiger partial charge in [-0.25, -0.2) is 0 Å². The van der Waals surface area contributed by atoms with Gasteiger partial charge in [-0.1, -0.05) is 50.3 Å². The van der Waals surface area contributed by atoms with Crippen molar-refractivity contribution < 1.29 is 9.21 Å². The summed E-state index contributed by atoms with van der Waals surface area (Å²) < 4.78 is 5.76. The molecule has 0 atom stereocenters. The second-order valence-corrected chi connectivity index (χ2v) is 8.11. The summed E-state index contributed by atoms with van der Waals surface area (Å²) in [6.07, 6.45) is 10.6. The van der Waals surface area contributed by atoms with Crippen molar-refractivity contribution in [3.63, 3.8) is 0 Å². The summed E-state index contributed by atoms with van der Waals surface area (Å²) in [4.78, 5) is 14.2. The number of rotatable bonds is 5. The molecule has 1 heterocycles. The summed E-state index contributed by atoms with van der Waals surface area (Å²) in [6.45, 7) is 0. The molecule has 0 saturated heterocycles. The van der Waals surface area contributed by atoms with Crippen LogP contribution in [0.5, 0.6) is 0 Å². The monoisotopic (exact) mass is 362 g/mol. The Morgan fingerprint density at radius 1 is 1.24 bits per heavy atom. The van der Waals surface area contributed by atoms with Gasteiger partial charge in [0.2, 0.25) is 11.8 Å². The van der Waals surface area contributed by atoms with Gasteiger partial charge >= 0.3 is 0 Å². The average molecular weight is 362 g/mol. The maximum atomic E-state index is 12.6. The van der Waals surface area contributed by atoms with Gasteiger partial charge in [0.05, 0.1) is 11.8 Å². The Labute approximate surface area is 153 Å². The van der Waals surface area contributed by atoms with E-state index < -0.39 is 5.54 Å². The number of thioether (sulfide) groups is 1. The largest absolute Gasteiger partial charge is 0.416 e. The molecule has 25 heavy (non-hydrogen) atoms. The third-order valence-electron chi connectivity index (χ3n) is 5.60. The number of nitriles is 1. The van der Waals surface area contributed by atoms with Gasteiger partial charge in [0, 0.05) is 13.0 Å². The molecule has 0 aliphatic heterocycles. The topological polar surface area (TPSA) is 83.0 Å². The van der Waals surface area contributed by atoms with Crippen LogP contribution in [0.3, 0.4) is 0 Å². The van der Waals surface area contributed by atoms with Crippen LogP contribution < -0.4 is 0 Å². The minimum Gasteiger partial charge on any atom is -0.416 e. The number of nitrogens with zero attached hydrogens (tertiary/aromatic N) is 4. The third-order valence-corrected chi connectivity index (χ3v) is 6.40. The fourth-order valence-electron chi connectivity index (χ4n) is 3.91. The molecule has 2 fully saturated rings. The molecule has 2 saturated carbocycles. The quantitative estimate of drug-likeness (QED) is 0.739. The molecule has 1 aromatic heterocycles.